The van der Waals surface area contributed by atoms with E-state index in [2.05, 4.69) is 42.0 Å². The molecule has 1 aromatic heterocycles. The number of para-hydroxylation sites is 1. The lowest BCUT2D eigenvalue weighted by Gasteiger charge is -2.21. The zero-order chi connectivity index (χ0) is 15.9. The van der Waals surface area contributed by atoms with Crippen molar-refractivity contribution in [1.82, 2.24) is 9.88 Å². The summed E-state index contributed by atoms with van der Waals surface area (Å²) in [6, 6.07) is 10.4. The monoisotopic (exact) mass is 319 g/mol. The van der Waals surface area contributed by atoms with E-state index >= 15 is 0 Å². The van der Waals surface area contributed by atoms with Crippen molar-refractivity contribution in [2.75, 3.05) is 25.0 Å². The molecule has 120 valence electrons. The number of aromatic nitrogens is 1. The second-order valence-electron chi connectivity index (χ2n) is 5.72. The van der Waals surface area contributed by atoms with Crippen molar-refractivity contribution in [3.05, 3.63) is 35.5 Å². The number of benzene rings is 1. The van der Waals surface area contributed by atoms with E-state index in [1.54, 1.807) is 0 Å². The smallest absolute Gasteiger partial charge is 0.131 e. The van der Waals surface area contributed by atoms with Gasteiger partial charge in [-0.25, -0.2) is 4.98 Å². The molecule has 3 nitrogen and oxygen atoms in total. The molecule has 4 heteroatoms. The van der Waals surface area contributed by atoms with E-state index in [1.165, 1.54) is 6.42 Å². The van der Waals surface area contributed by atoms with Crippen LogP contribution in [-0.4, -0.2) is 35.6 Å². The number of nitrogens with zero attached hydrogens (tertiary/aromatic N) is 2. The minimum absolute atomic E-state index is 0.414. The quantitative estimate of drug-likeness (QED) is 0.708. The largest absolute Gasteiger partial charge is 0.382 e. The third-order valence-corrected chi connectivity index (χ3v) is 4.29. The number of rotatable bonds is 8. The summed E-state index contributed by atoms with van der Waals surface area (Å²) in [5, 5.41) is 5.26. The van der Waals surface area contributed by atoms with Gasteiger partial charge in [-0.1, -0.05) is 43.6 Å². The summed E-state index contributed by atoms with van der Waals surface area (Å²) in [4.78, 5) is 6.83. The first-order chi connectivity index (χ1) is 10.6. The van der Waals surface area contributed by atoms with E-state index in [1.807, 2.05) is 24.3 Å². The maximum atomic E-state index is 6.13. The molecule has 1 atom stereocenters. The molecular formula is C18H26ClN3. The van der Waals surface area contributed by atoms with Crippen LogP contribution in [0.3, 0.4) is 0 Å². The highest BCUT2D eigenvalue weighted by molar-refractivity contribution is 6.30. The normalized spacial score (nSPS) is 12.8. The molecule has 1 unspecified atom stereocenters. The third kappa shape index (κ3) is 4.59. The van der Waals surface area contributed by atoms with Crippen LogP contribution in [0, 0.1) is 0 Å². The molecule has 0 bridgehead atoms. The third-order valence-electron chi connectivity index (χ3n) is 4.09. The fraction of sp³-hybridized carbons (Fsp3) is 0.500. The topological polar surface area (TPSA) is 28.2 Å². The fourth-order valence-corrected chi connectivity index (χ4v) is 2.96. The predicted molar refractivity (Wildman–Crippen MR) is 96.9 cm³/mol. The molecule has 1 N–H and O–H groups in total. The summed E-state index contributed by atoms with van der Waals surface area (Å²) in [6.07, 6.45) is 2.34. The van der Waals surface area contributed by atoms with E-state index < -0.39 is 0 Å². The van der Waals surface area contributed by atoms with Crippen molar-refractivity contribution in [3.63, 3.8) is 0 Å². The minimum Gasteiger partial charge on any atom is -0.382 e. The summed E-state index contributed by atoms with van der Waals surface area (Å²) in [7, 11) is 0. The predicted octanol–water partition coefficient (Wildman–Crippen LogP) is 4.81. The van der Waals surface area contributed by atoms with Gasteiger partial charge in [0, 0.05) is 17.1 Å². The molecule has 0 aliphatic rings. The van der Waals surface area contributed by atoms with E-state index in [9.17, 15) is 0 Å². The van der Waals surface area contributed by atoms with Crippen LogP contribution in [0.25, 0.3) is 10.9 Å². The van der Waals surface area contributed by atoms with Crippen molar-refractivity contribution < 1.29 is 0 Å². The first kappa shape index (κ1) is 17.0. The Balaban J connectivity index is 1.98. The molecule has 0 saturated heterocycles. The number of nitrogens with one attached hydrogen (secondary N) is 1. The molecule has 2 aromatic rings. The van der Waals surface area contributed by atoms with Gasteiger partial charge >= 0.3 is 0 Å². The van der Waals surface area contributed by atoms with Crippen LogP contribution < -0.4 is 5.32 Å². The molecule has 0 aliphatic heterocycles. The first-order valence-corrected chi connectivity index (χ1v) is 8.56. The van der Waals surface area contributed by atoms with E-state index in [0.717, 1.165) is 42.6 Å². The molecule has 0 saturated carbocycles. The number of fused-ring (bicyclic) bond motifs is 1. The van der Waals surface area contributed by atoms with Gasteiger partial charge in [-0.2, -0.15) is 0 Å². The van der Waals surface area contributed by atoms with Gasteiger partial charge in [0.25, 0.3) is 0 Å². The lowest BCUT2D eigenvalue weighted by Crippen LogP contribution is -2.25. The van der Waals surface area contributed by atoms with Gasteiger partial charge in [-0.05, 0) is 51.5 Å². The molecule has 0 fully saturated rings. The van der Waals surface area contributed by atoms with Gasteiger partial charge in [0.2, 0.25) is 0 Å². The van der Waals surface area contributed by atoms with Crippen molar-refractivity contribution in [3.8, 4) is 0 Å². The van der Waals surface area contributed by atoms with Crippen LogP contribution in [0.2, 0.25) is 5.15 Å². The Morgan fingerprint density at radius 1 is 1.23 bits per heavy atom. The molecule has 0 spiro atoms. The molecule has 0 radical (unpaired) electrons. The summed E-state index contributed by atoms with van der Waals surface area (Å²) >= 11 is 6.13. The van der Waals surface area contributed by atoms with Crippen molar-refractivity contribution in [2.45, 2.75) is 39.7 Å². The second kappa shape index (κ2) is 8.35. The Morgan fingerprint density at radius 3 is 2.68 bits per heavy atom. The lowest BCUT2D eigenvalue weighted by molar-refractivity contribution is 0.295. The van der Waals surface area contributed by atoms with Crippen LogP contribution in [0.1, 0.15) is 33.6 Å². The SMILES string of the molecule is CCN(CC)CCCC(C)Nc1cc(Cl)nc2ccccc12. The highest BCUT2D eigenvalue weighted by atomic mass is 35.5. The Hall–Kier alpha value is -1.32. The summed E-state index contributed by atoms with van der Waals surface area (Å²) in [5.41, 5.74) is 2.01. The Morgan fingerprint density at radius 2 is 1.95 bits per heavy atom. The zero-order valence-corrected chi connectivity index (χ0v) is 14.5. The summed E-state index contributed by atoms with van der Waals surface area (Å²) in [6.45, 7) is 10.1. The Bertz CT molecular complexity index is 596. The first-order valence-electron chi connectivity index (χ1n) is 8.18. The van der Waals surface area contributed by atoms with Crippen molar-refractivity contribution in [1.29, 1.82) is 0 Å². The maximum Gasteiger partial charge on any atom is 0.131 e. The number of hydrogen-bond acceptors (Lipinski definition) is 3. The minimum atomic E-state index is 0.414. The molecule has 22 heavy (non-hydrogen) atoms. The average molecular weight is 320 g/mol. The molecule has 1 heterocycles. The summed E-state index contributed by atoms with van der Waals surface area (Å²) < 4.78 is 0. The number of anilines is 1. The van der Waals surface area contributed by atoms with Gasteiger partial charge in [-0.3, -0.25) is 0 Å². The van der Waals surface area contributed by atoms with Crippen molar-refractivity contribution >= 4 is 28.2 Å². The van der Waals surface area contributed by atoms with Gasteiger partial charge in [-0.15, -0.1) is 0 Å². The highest BCUT2D eigenvalue weighted by Crippen LogP contribution is 2.26. The van der Waals surface area contributed by atoms with Crippen LogP contribution in [0.5, 0.6) is 0 Å². The van der Waals surface area contributed by atoms with Crippen LogP contribution >= 0.6 is 11.6 Å². The van der Waals surface area contributed by atoms with Crippen LogP contribution in [0.15, 0.2) is 30.3 Å². The fourth-order valence-electron chi connectivity index (χ4n) is 2.76. The average Bonchev–Trinajstić information content (AvgIpc) is 2.51. The molecule has 0 amide bonds. The highest BCUT2D eigenvalue weighted by Gasteiger charge is 2.08. The Labute approximate surface area is 138 Å². The Kier molecular flexibility index (Phi) is 6.47. The van der Waals surface area contributed by atoms with Gasteiger partial charge in [0.05, 0.1) is 5.52 Å². The van der Waals surface area contributed by atoms with Crippen LogP contribution in [0.4, 0.5) is 5.69 Å². The molecular weight excluding hydrogens is 294 g/mol. The molecule has 1 aromatic carbocycles. The number of hydrogen-bond donors (Lipinski definition) is 1. The van der Waals surface area contributed by atoms with Gasteiger partial charge < -0.3 is 10.2 Å². The van der Waals surface area contributed by atoms with Crippen molar-refractivity contribution in [2.24, 2.45) is 0 Å². The molecule has 0 aliphatic carbocycles. The zero-order valence-electron chi connectivity index (χ0n) is 13.8. The van der Waals surface area contributed by atoms with E-state index in [4.69, 9.17) is 11.6 Å². The molecule has 2 rings (SSSR count). The number of halogens is 1. The second-order valence-corrected chi connectivity index (χ2v) is 6.11. The van der Waals surface area contributed by atoms with E-state index in [0.29, 0.717) is 11.2 Å². The lowest BCUT2D eigenvalue weighted by atomic mass is 10.1. The van der Waals surface area contributed by atoms with E-state index in [-0.39, 0.29) is 0 Å². The van der Waals surface area contributed by atoms with Gasteiger partial charge in [0.15, 0.2) is 0 Å². The number of pyridine rings is 1. The van der Waals surface area contributed by atoms with Crippen LogP contribution in [-0.2, 0) is 0 Å². The maximum absolute atomic E-state index is 6.13. The standard InChI is InChI=1S/C18H26ClN3/c1-4-22(5-2)12-8-9-14(3)20-17-13-18(19)21-16-11-7-6-10-15(16)17/h6-7,10-11,13-14H,4-5,8-9,12H2,1-3H3,(H,20,21). The summed E-state index contributed by atoms with van der Waals surface area (Å²) in [5.74, 6) is 0. The van der Waals surface area contributed by atoms with Gasteiger partial charge in [0.1, 0.15) is 5.15 Å².